The van der Waals surface area contributed by atoms with Crippen LogP contribution in [0.15, 0.2) is 59.4 Å². The minimum atomic E-state index is -0.647. The summed E-state index contributed by atoms with van der Waals surface area (Å²) >= 11 is 1.29. The molecule has 6 nitrogen and oxygen atoms in total. The average molecular weight is 351 g/mol. The van der Waals surface area contributed by atoms with Crippen molar-refractivity contribution in [3.63, 3.8) is 0 Å². The normalized spacial score (nSPS) is 11.0. The van der Waals surface area contributed by atoms with Crippen LogP contribution in [0.25, 0.3) is 15.2 Å². The van der Waals surface area contributed by atoms with Gasteiger partial charge in [0.15, 0.2) is 10.7 Å². The highest BCUT2D eigenvalue weighted by molar-refractivity contribution is 7.23. The van der Waals surface area contributed by atoms with Crippen molar-refractivity contribution in [1.82, 2.24) is 14.7 Å². The summed E-state index contributed by atoms with van der Waals surface area (Å²) in [5, 5.41) is 12.9. The number of carbonyl (C=O) groups excluding carboxylic acids is 1. The Balaban J connectivity index is 1.74. The van der Waals surface area contributed by atoms with E-state index in [4.69, 9.17) is 0 Å². The van der Waals surface area contributed by atoms with Gasteiger partial charge in [-0.05, 0) is 17.7 Å². The number of carbonyl (C=O) groups is 1. The SMILES string of the molecule is O=C(NCc1ccccc1)c1nc2sc3ccccc3n2c(=O)c1O. The minimum absolute atomic E-state index is 0.257. The molecule has 4 aromatic rings. The monoisotopic (exact) mass is 351 g/mol. The molecule has 0 spiro atoms. The molecule has 2 aromatic heterocycles. The molecule has 0 radical (unpaired) electrons. The van der Waals surface area contributed by atoms with Gasteiger partial charge in [-0.2, -0.15) is 0 Å². The number of aromatic hydroxyl groups is 1. The van der Waals surface area contributed by atoms with Gasteiger partial charge < -0.3 is 10.4 Å². The average Bonchev–Trinajstić information content (AvgIpc) is 3.02. The van der Waals surface area contributed by atoms with E-state index < -0.39 is 17.2 Å². The van der Waals surface area contributed by atoms with Crippen LogP contribution in [0.2, 0.25) is 0 Å². The number of aromatic nitrogens is 2. The van der Waals surface area contributed by atoms with Crippen LogP contribution in [0.4, 0.5) is 0 Å². The van der Waals surface area contributed by atoms with Gasteiger partial charge in [0, 0.05) is 6.54 Å². The van der Waals surface area contributed by atoms with Gasteiger partial charge in [0.25, 0.3) is 5.91 Å². The van der Waals surface area contributed by atoms with Gasteiger partial charge in [-0.25, -0.2) is 9.38 Å². The molecule has 2 aromatic carbocycles. The predicted molar refractivity (Wildman–Crippen MR) is 96.1 cm³/mol. The molecule has 7 heteroatoms. The quantitative estimate of drug-likeness (QED) is 0.594. The van der Waals surface area contributed by atoms with E-state index in [9.17, 15) is 14.7 Å². The van der Waals surface area contributed by atoms with Gasteiger partial charge in [0.1, 0.15) is 0 Å². The molecule has 0 saturated carbocycles. The fourth-order valence-corrected chi connectivity index (χ4v) is 3.64. The minimum Gasteiger partial charge on any atom is -0.501 e. The molecule has 0 saturated heterocycles. The third-order valence-corrected chi connectivity index (χ3v) is 4.87. The summed E-state index contributed by atoms with van der Waals surface area (Å²) in [5.74, 6) is -1.23. The van der Waals surface area contributed by atoms with Crippen LogP contribution < -0.4 is 10.9 Å². The predicted octanol–water partition coefficient (Wildman–Crippen LogP) is 2.54. The number of nitrogens with one attached hydrogen (secondary N) is 1. The van der Waals surface area contributed by atoms with E-state index in [1.54, 1.807) is 12.1 Å². The van der Waals surface area contributed by atoms with Crippen molar-refractivity contribution in [3.8, 4) is 5.75 Å². The summed E-state index contributed by atoms with van der Waals surface area (Å²) in [4.78, 5) is 29.4. The second-order valence-corrected chi connectivity index (χ2v) is 6.48. The Morgan fingerprint density at radius 1 is 1.12 bits per heavy atom. The van der Waals surface area contributed by atoms with E-state index in [1.165, 1.54) is 15.7 Å². The molecule has 124 valence electrons. The third kappa shape index (κ3) is 2.64. The first-order valence-corrected chi connectivity index (χ1v) is 8.42. The first kappa shape index (κ1) is 15.3. The van der Waals surface area contributed by atoms with Crippen LogP contribution in [-0.4, -0.2) is 20.4 Å². The molecule has 4 rings (SSSR count). The summed E-state index contributed by atoms with van der Waals surface area (Å²) in [7, 11) is 0. The lowest BCUT2D eigenvalue weighted by atomic mass is 10.2. The topological polar surface area (TPSA) is 83.7 Å². The zero-order chi connectivity index (χ0) is 17.4. The number of para-hydroxylation sites is 1. The van der Waals surface area contributed by atoms with E-state index in [0.29, 0.717) is 10.5 Å². The molecule has 0 aliphatic rings. The molecule has 0 bridgehead atoms. The highest BCUT2D eigenvalue weighted by Crippen LogP contribution is 2.25. The van der Waals surface area contributed by atoms with Crippen LogP contribution in [-0.2, 0) is 6.54 Å². The van der Waals surface area contributed by atoms with Crippen molar-refractivity contribution in [3.05, 3.63) is 76.2 Å². The molecule has 0 fully saturated rings. The van der Waals surface area contributed by atoms with E-state index >= 15 is 0 Å². The maximum atomic E-state index is 12.5. The molecule has 0 aliphatic heterocycles. The zero-order valence-corrected chi connectivity index (χ0v) is 13.8. The number of fused-ring (bicyclic) bond motifs is 3. The van der Waals surface area contributed by atoms with Crippen molar-refractivity contribution in [2.24, 2.45) is 0 Å². The Bertz CT molecular complexity index is 1150. The lowest BCUT2D eigenvalue weighted by molar-refractivity contribution is 0.0943. The molecular weight excluding hydrogens is 338 g/mol. The van der Waals surface area contributed by atoms with Gasteiger partial charge in [-0.1, -0.05) is 53.8 Å². The third-order valence-electron chi connectivity index (χ3n) is 3.85. The van der Waals surface area contributed by atoms with Gasteiger partial charge in [-0.15, -0.1) is 0 Å². The number of benzene rings is 2. The highest BCUT2D eigenvalue weighted by Gasteiger charge is 2.20. The van der Waals surface area contributed by atoms with Crippen molar-refractivity contribution in [2.75, 3.05) is 0 Å². The molecule has 0 atom stereocenters. The number of amides is 1. The number of hydrogen-bond donors (Lipinski definition) is 2. The Hall–Kier alpha value is -3.19. The first-order valence-electron chi connectivity index (χ1n) is 7.60. The lowest BCUT2D eigenvalue weighted by Gasteiger charge is -2.06. The first-order chi connectivity index (χ1) is 12.1. The standard InChI is InChI=1S/C18H13N3O3S/c22-15-14(16(23)19-10-11-6-2-1-3-7-11)20-18-21(17(15)24)12-8-4-5-9-13(12)25-18/h1-9,22H,10H2,(H,19,23). The Morgan fingerprint density at radius 3 is 2.64 bits per heavy atom. The van der Waals surface area contributed by atoms with Crippen molar-refractivity contribution >= 4 is 32.4 Å². The summed E-state index contributed by atoms with van der Waals surface area (Å²) < 4.78 is 2.18. The smallest absolute Gasteiger partial charge is 0.302 e. The van der Waals surface area contributed by atoms with Crippen LogP contribution >= 0.6 is 11.3 Å². The zero-order valence-electron chi connectivity index (χ0n) is 13.0. The molecule has 0 unspecified atom stereocenters. The maximum absolute atomic E-state index is 12.5. The molecule has 1 amide bonds. The van der Waals surface area contributed by atoms with E-state index in [1.807, 2.05) is 42.5 Å². The number of rotatable bonds is 3. The number of nitrogens with zero attached hydrogens (tertiary/aromatic N) is 2. The molecule has 0 aliphatic carbocycles. The number of thiazole rings is 1. The van der Waals surface area contributed by atoms with E-state index in [2.05, 4.69) is 10.3 Å². The van der Waals surface area contributed by atoms with Crippen LogP contribution in [0.5, 0.6) is 5.75 Å². The summed E-state index contributed by atoms with van der Waals surface area (Å²) in [6.45, 7) is 0.284. The van der Waals surface area contributed by atoms with Gasteiger partial charge in [-0.3, -0.25) is 9.59 Å². The van der Waals surface area contributed by atoms with Crippen molar-refractivity contribution in [1.29, 1.82) is 0 Å². The Morgan fingerprint density at radius 2 is 1.84 bits per heavy atom. The Labute approximate surface area is 146 Å². The van der Waals surface area contributed by atoms with E-state index in [-0.39, 0.29) is 12.2 Å². The maximum Gasteiger partial charge on any atom is 0.302 e. The molecule has 25 heavy (non-hydrogen) atoms. The van der Waals surface area contributed by atoms with Crippen molar-refractivity contribution in [2.45, 2.75) is 6.54 Å². The van der Waals surface area contributed by atoms with E-state index in [0.717, 1.165) is 10.3 Å². The molecular formula is C18H13N3O3S. The van der Waals surface area contributed by atoms with Crippen molar-refractivity contribution < 1.29 is 9.90 Å². The lowest BCUT2D eigenvalue weighted by Crippen LogP contribution is -2.27. The summed E-state index contributed by atoms with van der Waals surface area (Å²) in [6.07, 6.45) is 0. The second-order valence-electron chi connectivity index (χ2n) is 5.47. The molecule has 2 N–H and O–H groups in total. The summed E-state index contributed by atoms with van der Waals surface area (Å²) in [6, 6.07) is 16.7. The number of hydrogen-bond acceptors (Lipinski definition) is 5. The van der Waals surface area contributed by atoms with Gasteiger partial charge in [0.2, 0.25) is 5.75 Å². The van der Waals surface area contributed by atoms with Crippen LogP contribution in [0, 0.1) is 0 Å². The van der Waals surface area contributed by atoms with Gasteiger partial charge in [0.05, 0.1) is 10.2 Å². The highest BCUT2D eigenvalue weighted by atomic mass is 32.1. The largest absolute Gasteiger partial charge is 0.501 e. The fourth-order valence-electron chi connectivity index (χ4n) is 2.62. The second kappa shape index (κ2) is 6.03. The summed E-state index contributed by atoms with van der Waals surface area (Å²) in [5.41, 5.74) is 0.668. The fraction of sp³-hybridized carbons (Fsp3) is 0.0556. The Kier molecular flexibility index (Phi) is 3.70. The molecule has 2 heterocycles. The van der Waals surface area contributed by atoms with Crippen LogP contribution in [0.3, 0.4) is 0 Å². The van der Waals surface area contributed by atoms with Gasteiger partial charge >= 0.3 is 5.56 Å². The van der Waals surface area contributed by atoms with Crippen LogP contribution in [0.1, 0.15) is 16.1 Å².